The van der Waals surface area contributed by atoms with Crippen LogP contribution in [0.25, 0.3) is 11.0 Å². The smallest absolute Gasteiger partial charge is 0.270 e. The molecule has 1 N–H and O–H groups in total. The zero-order valence-corrected chi connectivity index (χ0v) is 13.9. The fourth-order valence-electron chi connectivity index (χ4n) is 4.07. The summed E-state index contributed by atoms with van der Waals surface area (Å²) in [6, 6.07) is 1.84. The number of fused-ring (bicyclic) bond motifs is 3. The fraction of sp³-hybridized carbons (Fsp3) is 0.500. The molecule has 0 aromatic carbocycles. The summed E-state index contributed by atoms with van der Waals surface area (Å²) in [7, 11) is 0. The van der Waals surface area contributed by atoms with Crippen LogP contribution in [0.3, 0.4) is 0 Å². The van der Waals surface area contributed by atoms with Crippen LogP contribution in [-0.2, 0) is 0 Å². The minimum atomic E-state index is -0.180. The molecular weight excluding hydrogens is 320 g/mol. The van der Waals surface area contributed by atoms with Crippen molar-refractivity contribution < 1.29 is 14.0 Å². The van der Waals surface area contributed by atoms with Crippen LogP contribution >= 0.6 is 0 Å². The molecule has 3 unspecified atom stereocenters. The maximum atomic E-state index is 12.6. The third-order valence-corrected chi connectivity index (χ3v) is 5.46. The molecule has 0 radical (unpaired) electrons. The molecule has 2 bridgehead atoms. The lowest BCUT2D eigenvalue weighted by Gasteiger charge is -2.30. The number of aromatic nitrogens is 1. The highest BCUT2D eigenvalue weighted by atomic mass is 16.3. The Balaban J connectivity index is 1.37. The standard InChI is InChI=1S/C18H20N4O3/c23-17(20-12-5-11-1-2-21(8-11)9-12)15-6-13-14(18(24)22-3-4-22)10-25-16(13)7-19-15/h6-7,10-12H,1-5,8-9H2,(H,20,23). The van der Waals surface area contributed by atoms with Gasteiger partial charge >= 0.3 is 0 Å². The second kappa shape index (κ2) is 5.56. The maximum Gasteiger partial charge on any atom is 0.270 e. The Morgan fingerprint density at radius 2 is 2.12 bits per heavy atom. The molecule has 0 aliphatic carbocycles. The molecule has 3 saturated heterocycles. The van der Waals surface area contributed by atoms with E-state index >= 15 is 0 Å². The highest BCUT2D eigenvalue weighted by molar-refractivity contribution is 6.08. The van der Waals surface area contributed by atoms with Crippen molar-refractivity contribution in [1.29, 1.82) is 0 Å². The van der Waals surface area contributed by atoms with Gasteiger partial charge in [0.2, 0.25) is 0 Å². The van der Waals surface area contributed by atoms with Crippen LogP contribution < -0.4 is 5.32 Å². The topological polar surface area (TPSA) is 78.5 Å². The number of carbonyl (C=O) groups is 2. The zero-order chi connectivity index (χ0) is 17.0. The van der Waals surface area contributed by atoms with E-state index in [-0.39, 0.29) is 17.9 Å². The SMILES string of the molecule is O=C(NC1CC2CCN(C2)C1)c1cc2c(C(=O)N3CC3)coc2cn1. The summed E-state index contributed by atoms with van der Waals surface area (Å²) < 4.78 is 5.42. The van der Waals surface area contributed by atoms with E-state index in [9.17, 15) is 9.59 Å². The molecule has 3 atom stereocenters. The lowest BCUT2D eigenvalue weighted by molar-refractivity contribution is 0.0882. The van der Waals surface area contributed by atoms with Crippen molar-refractivity contribution in [2.75, 3.05) is 32.7 Å². The molecule has 5 heterocycles. The highest BCUT2D eigenvalue weighted by Crippen LogP contribution is 2.27. The predicted molar refractivity (Wildman–Crippen MR) is 90.3 cm³/mol. The number of nitrogens with one attached hydrogen (secondary N) is 1. The quantitative estimate of drug-likeness (QED) is 0.847. The largest absolute Gasteiger partial charge is 0.462 e. The Labute approximate surface area is 145 Å². The molecule has 3 aliphatic heterocycles. The number of furan rings is 1. The fourth-order valence-corrected chi connectivity index (χ4v) is 4.07. The van der Waals surface area contributed by atoms with Crippen LogP contribution in [-0.4, -0.2) is 65.4 Å². The second-order valence-electron chi connectivity index (χ2n) is 7.33. The molecule has 2 amide bonds. The minimum Gasteiger partial charge on any atom is -0.462 e. The number of rotatable bonds is 3. The molecular formula is C18H20N4O3. The number of amides is 2. The Kier molecular flexibility index (Phi) is 3.31. The first-order chi connectivity index (χ1) is 12.2. The number of nitrogens with zero attached hydrogens (tertiary/aromatic N) is 3. The van der Waals surface area contributed by atoms with E-state index in [4.69, 9.17) is 4.42 Å². The first-order valence-corrected chi connectivity index (χ1v) is 8.87. The lowest BCUT2D eigenvalue weighted by Crippen LogP contribution is -2.47. The van der Waals surface area contributed by atoms with Crippen LogP contribution in [0.2, 0.25) is 0 Å². The average Bonchev–Trinajstić information content (AvgIpc) is 3.30. The molecule has 7 heteroatoms. The van der Waals surface area contributed by atoms with Gasteiger partial charge in [0, 0.05) is 37.6 Å². The predicted octanol–water partition coefficient (Wildman–Crippen LogP) is 1.11. The van der Waals surface area contributed by atoms with Gasteiger partial charge in [0.15, 0.2) is 5.58 Å². The number of piperidine rings is 1. The third kappa shape index (κ3) is 2.68. The number of hydrogen-bond donors (Lipinski definition) is 1. The van der Waals surface area contributed by atoms with Gasteiger partial charge in [-0.25, -0.2) is 4.98 Å². The second-order valence-corrected chi connectivity index (χ2v) is 7.33. The summed E-state index contributed by atoms with van der Waals surface area (Å²) in [5, 5.41) is 3.76. The van der Waals surface area contributed by atoms with Gasteiger partial charge in [-0.1, -0.05) is 0 Å². The molecule has 3 fully saturated rings. The van der Waals surface area contributed by atoms with Crippen molar-refractivity contribution in [2.45, 2.75) is 18.9 Å². The summed E-state index contributed by atoms with van der Waals surface area (Å²) in [6.45, 7) is 4.77. The van der Waals surface area contributed by atoms with Gasteiger partial charge in [-0.05, 0) is 31.4 Å². The van der Waals surface area contributed by atoms with Gasteiger partial charge < -0.3 is 19.5 Å². The Bertz CT molecular complexity index is 845. The molecule has 2 aromatic rings. The van der Waals surface area contributed by atoms with Crippen molar-refractivity contribution in [1.82, 2.24) is 20.1 Å². The minimum absolute atomic E-state index is 0.0482. The average molecular weight is 340 g/mol. The van der Waals surface area contributed by atoms with Gasteiger partial charge in [-0.15, -0.1) is 0 Å². The number of carbonyl (C=O) groups excluding carboxylic acids is 2. The third-order valence-electron chi connectivity index (χ3n) is 5.46. The molecule has 0 saturated carbocycles. The molecule has 25 heavy (non-hydrogen) atoms. The molecule has 7 nitrogen and oxygen atoms in total. The van der Waals surface area contributed by atoms with E-state index < -0.39 is 0 Å². The summed E-state index contributed by atoms with van der Waals surface area (Å²) in [5.74, 6) is 0.467. The molecule has 2 aromatic heterocycles. The van der Waals surface area contributed by atoms with Gasteiger partial charge in [0.05, 0.1) is 11.8 Å². The van der Waals surface area contributed by atoms with Gasteiger partial charge in [-0.3, -0.25) is 9.59 Å². The summed E-state index contributed by atoms with van der Waals surface area (Å²) in [4.78, 5) is 33.3. The van der Waals surface area contributed by atoms with E-state index in [0.717, 1.165) is 39.1 Å². The van der Waals surface area contributed by atoms with Gasteiger partial charge in [-0.2, -0.15) is 0 Å². The Morgan fingerprint density at radius 1 is 1.24 bits per heavy atom. The summed E-state index contributed by atoms with van der Waals surface area (Å²) >= 11 is 0. The van der Waals surface area contributed by atoms with Crippen molar-refractivity contribution in [3.8, 4) is 0 Å². The molecule has 0 spiro atoms. The Morgan fingerprint density at radius 3 is 2.92 bits per heavy atom. The van der Waals surface area contributed by atoms with Gasteiger partial charge in [0.1, 0.15) is 12.0 Å². The molecule has 130 valence electrons. The van der Waals surface area contributed by atoms with Crippen LogP contribution in [0, 0.1) is 5.92 Å². The van der Waals surface area contributed by atoms with E-state index in [0.29, 0.717) is 28.1 Å². The molecule has 5 rings (SSSR count). The van der Waals surface area contributed by atoms with Crippen molar-refractivity contribution in [3.05, 3.63) is 29.8 Å². The van der Waals surface area contributed by atoms with Crippen LogP contribution in [0.15, 0.2) is 22.9 Å². The van der Waals surface area contributed by atoms with E-state index in [1.54, 1.807) is 11.0 Å². The van der Waals surface area contributed by atoms with Crippen LogP contribution in [0.5, 0.6) is 0 Å². The van der Waals surface area contributed by atoms with E-state index in [1.165, 1.54) is 18.9 Å². The highest BCUT2D eigenvalue weighted by Gasteiger charge is 2.33. The first kappa shape index (κ1) is 14.9. The van der Waals surface area contributed by atoms with Crippen LogP contribution in [0.1, 0.15) is 33.7 Å². The van der Waals surface area contributed by atoms with E-state index in [2.05, 4.69) is 15.2 Å². The van der Waals surface area contributed by atoms with Crippen LogP contribution in [0.4, 0.5) is 0 Å². The maximum absolute atomic E-state index is 12.6. The van der Waals surface area contributed by atoms with Crippen molar-refractivity contribution in [3.63, 3.8) is 0 Å². The summed E-state index contributed by atoms with van der Waals surface area (Å²) in [6.07, 6.45) is 5.25. The first-order valence-electron chi connectivity index (χ1n) is 8.87. The molecule has 3 aliphatic rings. The normalized spacial score (nSPS) is 27.5. The van der Waals surface area contributed by atoms with Crippen molar-refractivity contribution in [2.24, 2.45) is 5.92 Å². The van der Waals surface area contributed by atoms with Gasteiger partial charge in [0.25, 0.3) is 11.8 Å². The number of hydrogen-bond acceptors (Lipinski definition) is 5. The van der Waals surface area contributed by atoms with Crippen molar-refractivity contribution >= 4 is 22.8 Å². The van der Waals surface area contributed by atoms with E-state index in [1.807, 2.05) is 0 Å². The Hall–Kier alpha value is -2.41. The zero-order valence-electron chi connectivity index (χ0n) is 13.9. The number of pyridine rings is 1. The summed E-state index contributed by atoms with van der Waals surface area (Å²) in [5.41, 5.74) is 1.37. The monoisotopic (exact) mass is 340 g/mol. The lowest BCUT2D eigenvalue weighted by atomic mass is 9.97.